The summed E-state index contributed by atoms with van der Waals surface area (Å²) < 4.78 is 0. The molecular weight excluding hydrogens is 102 g/mol. The van der Waals surface area contributed by atoms with Crippen molar-refractivity contribution in [3.63, 3.8) is 0 Å². The predicted molar refractivity (Wildman–Crippen MR) is 35.0 cm³/mol. The van der Waals surface area contributed by atoms with E-state index >= 15 is 0 Å². The van der Waals surface area contributed by atoms with Gasteiger partial charge in [0.15, 0.2) is 0 Å². The van der Waals surface area contributed by atoms with Gasteiger partial charge in [-0.05, 0) is 12.8 Å². The smallest absolute Gasteiger partial charge is 0.127 e. The van der Waals surface area contributed by atoms with Gasteiger partial charge >= 0.3 is 0 Å². The summed E-state index contributed by atoms with van der Waals surface area (Å²) >= 11 is 0. The Kier molecular flexibility index (Phi) is 4.32. The molecule has 0 N–H and O–H groups in total. The standard InChI is InChI=1S/C6H13NO/c1-4-6(5-2)8-7-3/h6H,3-5H2,1-2H3. The first kappa shape index (κ1) is 7.47. The van der Waals surface area contributed by atoms with Crippen molar-refractivity contribution < 1.29 is 4.84 Å². The second-order valence-electron chi connectivity index (χ2n) is 1.67. The van der Waals surface area contributed by atoms with Crippen molar-refractivity contribution in [3.05, 3.63) is 0 Å². The Morgan fingerprint density at radius 1 is 1.50 bits per heavy atom. The molecule has 48 valence electrons. The Hall–Kier alpha value is -0.530. The van der Waals surface area contributed by atoms with E-state index in [0.29, 0.717) is 0 Å². The van der Waals surface area contributed by atoms with Crippen LogP contribution >= 0.6 is 0 Å². The minimum atomic E-state index is 0.271. The third kappa shape index (κ3) is 2.61. The molecule has 8 heavy (non-hydrogen) atoms. The summed E-state index contributed by atoms with van der Waals surface area (Å²) in [6.07, 6.45) is 2.29. The quantitative estimate of drug-likeness (QED) is 0.404. The van der Waals surface area contributed by atoms with Gasteiger partial charge in [0, 0.05) is 6.72 Å². The summed E-state index contributed by atoms with van der Waals surface area (Å²) in [6.45, 7) is 7.36. The molecule has 0 heterocycles. The summed E-state index contributed by atoms with van der Waals surface area (Å²) in [7, 11) is 0. The molecule has 0 aliphatic rings. The van der Waals surface area contributed by atoms with E-state index in [9.17, 15) is 0 Å². The Bertz CT molecular complexity index is 59.5. The lowest BCUT2D eigenvalue weighted by Gasteiger charge is -2.07. The lowest BCUT2D eigenvalue weighted by Crippen LogP contribution is -2.04. The second kappa shape index (κ2) is 4.62. The zero-order chi connectivity index (χ0) is 6.41. The van der Waals surface area contributed by atoms with Gasteiger partial charge in [0.05, 0.1) is 0 Å². The molecule has 0 amide bonds. The van der Waals surface area contributed by atoms with Crippen LogP contribution < -0.4 is 0 Å². The largest absolute Gasteiger partial charge is 0.393 e. The molecule has 0 aromatic carbocycles. The fraction of sp³-hybridized carbons (Fsp3) is 0.833. The van der Waals surface area contributed by atoms with Gasteiger partial charge in [0.1, 0.15) is 6.10 Å². The second-order valence-corrected chi connectivity index (χ2v) is 1.67. The molecule has 0 bridgehead atoms. The molecule has 2 nitrogen and oxygen atoms in total. The van der Waals surface area contributed by atoms with Crippen LogP contribution in [-0.2, 0) is 4.84 Å². The Labute approximate surface area is 50.5 Å². The van der Waals surface area contributed by atoms with E-state index in [4.69, 9.17) is 4.84 Å². The number of nitrogens with zero attached hydrogens (tertiary/aromatic N) is 1. The van der Waals surface area contributed by atoms with Crippen LogP contribution in [-0.4, -0.2) is 12.8 Å². The van der Waals surface area contributed by atoms with E-state index in [1.54, 1.807) is 0 Å². The molecule has 0 rings (SSSR count). The highest BCUT2D eigenvalue weighted by molar-refractivity contribution is 5.21. The molecule has 0 spiro atoms. The fourth-order valence-electron chi connectivity index (χ4n) is 0.543. The predicted octanol–water partition coefficient (Wildman–Crippen LogP) is 1.81. The zero-order valence-corrected chi connectivity index (χ0v) is 5.55. The highest BCUT2D eigenvalue weighted by Crippen LogP contribution is 2.01. The first-order valence-electron chi connectivity index (χ1n) is 2.97. The van der Waals surface area contributed by atoms with Crippen LogP contribution in [0.2, 0.25) is 0 Å². The van der Waals surface area contributed by atoms with Crippen LogP contribution in [0.3, 0.4) is 0 Å². The molecule has 0 radical (unpaired) electrons. The molecule has 0 atom stereocenters. The SMILES string of the molecule is C=NOC(CC)CC. The van der Waals surface area contributed by atoms with Crippen molar-refractivity contribution >= 4 is 6.72 Å². The van der Waals surface area contributed by atoms with E-state index in [1.807, 2.05) is 0 Å². The minimum absolute atomic E-state index is 0.271. The van der Waals surface area contributed by atoms with Crippen molar-refractivity contribution in [1.29, 1.82) is 0 Å². The Morgan fingerprint density at radius 3 is 2.12 bits per heavy atom. The molecule has 0 fully saturated rings. The third-order valence-electron chi connectivity index (χ3n) is 1.13. The first-order valence-corrected chi connectivity index (χ1v) is 2.97. The molecule has 0 aromatic rings. The third-order valence-corrected chi connectivity index (χ3v) is 1.13. The molecule has 0 aliphatic heterocycles. The number of oxime groups is 1. The lowest BCUT2D eigenvalue weighted by molar-refractivity contribution is 0.0558. The van der Waals surface area contributed by atoms with Gasteiger partial charge in [-0.3, -0.25) is 0 Å². The summed E-state index contributed by atoms with van der Waals surface area (Å²) in [5.74, 6) is 0. The van der Waals surface area contributed by atoms with E-state index in [-0.39, 0.29) is 6.10 Å². The van der Waals surface area contributed by atoms with Gasteiger partial charge in [0.2, 0.25) is 0 Å². The van der Waals surface area contributed by atoms with Crippen molar-refractivity contribution in [2.45, 2.75) is 32.8 Å². The summed E-state index contributed by atoms with van der Waals surface area (Å²) in [6, 6.07) is 0. The van der Waals surface area contributed by atoms with Gasteiger partial charge in [-0.25, -0.2) is 0 Å². The highest BCUT2D eigenvalue weighted by atomic mass is 16.6. The minimum Gasteiger partial charge on any atom is -0.393 e. The summed E-state index contributed by atoms with van der Waals surface area (Å²) in [5, 5.41) is 3.33. The maximum atomic E-state index is 4.85. The lowest BCUT2D eigenvalue weighted by atomic mass is 10.2. The normalized spacial score (nSPS) is 9.38. The summed E-state index contributed by atoms with van der Waals surface area (Å²) in [5.41, 5.74) is 0. The molecule has 0 aromatic heterocycles. The monoisotopic (exact) mass is 115 g/mol. The van der Waals surface area contributed by atoms with E-state index in [1.165, 1.54) is 0 Å². The maximum absolute atomic E-state index is 4.85. The fourth-order valence-corrected chi connectivity index (χ4v) is 0.543. The van der Waals surface area contributed by atoms with E-state index < -0.39 is 0 Å². The van der Waals surface area contributed by atoms with Crippen LogP contribution in [0.25, 0.3) is 0 Å². The molecule has 0 saturated heterocycles. The topological polar surface area (TPSA) is 21.6 Å². The van der Waals surface area contributed by atoms with Gasteiger partial charge < -0.3 is 4.84 Å². The van der Waals surface area contributed by atoms with Crippen LogP contribution in [0.1, 0.15) is 26.7 Å². The number of hydrogen-bond acceptors (Lipinski definition) is 2. The average molecular weight is 115 g/mol. The van der Waals surface area contributed by atoms with Crippen molar-refractivity contribution in [2.24, 2.45) is 5.16 Å². The van der Waals surface area contributed by atoms with Crippen molar-refractivity contribution in [1.82, 2.24) is 0 Å². The van der Waals surface area contributed by atoms with E-state index in [2.05, 4.69) is 25.7 Å². The van der Waals surface area contributed by atoms with E-state index in [0.717, 1.165) is 12.8 Å². The summed E-state index contributed by atoms with van der Waals surface area (Å²) in [4.78, 5) is 4.85. The molecule has 2 heteroatoms. The Morgan fingerprint density at radius 2 is 2.00 bits per heavy atom. The van der Waals surface area contributed by atoms with Crippen LogP contribution in [0.4, 0.5) is 0 Å². The molecule has 0 aliphatic carbocycles. The maximum Gasteiger partial charge on any atom is 0.127 e. The van der Waals surface area contributed by atoms with Gasteiger partial charge in [-0.15, -0.1) is 5.16 Å². The number of hydrogen-bond donors (Lipinski definition) is 0. The molecular formula is C6H13NO. The van der Waals surface area contributed by atoms with Crippen molar-refractivity contribution in [2.75, 3.05) is 0 Å². The first-order chi connectivity index (χ1) is 3.85. The molecule has 0 unspecified atom stereocenters. The highest BCUT2D eigenvalue weighted by Gasteiger charge is 1.99. The van der Waals surface area contributed by atoms with Gasteiger partial charge in [-0.2, -0.15) is 0 Å². The Balaban J connectivity index is 3.20. The van der Waals surface area contributed by atoms with Crippen LogP contribution in [0, 0.1) is 0 Å². The van der Waals surface area contributed by atoms with Gasteiger partial charge in [-0.1, -0.05) is 13.8 Å². The molecule has 0 saturated carbocycles. The van der Waals surface area contributed by atoms with Gasteiger partial charge in [0.25, 0.3) is 0 Å². The average Bonchev–Trinajstić information content (AvgIpc) is 1.83. The van der Waals surface area contributed by atoms with Crippen molar-refractivity contribution in [3.8, 4) is 0 Å². The van der Waals surface area contributed by atoms with Crippen LogP contribution in [0.15, 0.2) is 5.16 Å². The van der Waals surface area contributed by atoms with Crippen LogP contribution in [0.5, 0.6) is 0 Å². The zero-order valence-electron chi connectivity index (χ0n) is 5.55. The number of rotatable bonds is 4.